The van der Waals surface area contributed by atoms with Crippen LogP contribution in [0, 0.1) is 11.3 Å². The molecule has 2 rings (SSSR count). The van der Waals surface area contributed by atoms with Crippen molar-refractivity contribution in [3.8, 4) is 6.07 Å². The highest BCUT2D eigenvalue weighted by molar-refractivity contribution is 6.36. The lowest BCUT2D eigenvalue weighted by atomic mass is 10.1. The van der Waals surface area contributed by atoms with Gasteiger partial charge in [-0.2, -0.15) is 5.26 Å². The molecule has 0 fully saturated rings. The molecule has 0 aliphatic carbocycles. The molecule has 0 aromatic heterocycles. The zero-order chi connectivity index (χ0) is 19.8. The second-order valence-corrected chi connectivity index (χ2v) is 6.56. The van der Waals surface area contributed by atoms with Gasteiger partial charge in [0.25, 0.3) is 5.91 Å². The minimum atomic E-state index is -1.02. The maximum Gasteiger partial charge on any atom is 0.311 e. The molecule has 0 saturated heterocycles. The number of hydrogen-bond donors (Lipinski definition) is 0. The number of amides is 1. The molecule has 140 valence electrons. The molecule has 0 heterocycles. The van der Waals surface area contributed by atoms with Crippen LogP contribution in [0.3, 0.4) is 0 Å². The largest absolute Gasteiger partial charge is 0.452 e. The van der Waals surface area contributed by atoms with Gasteiger partial charge in [0.1, 0.15) is 0 Å². The van der Waals surface area contributed by atoms with Crippen LogP contribution in [0.4, 0.5) is 5.69 Å². The highest BCUT2D eigenvalue weighted by Gasteiger charge is 2.25. The van der Waals surface area contributed by atoms with Crippen LogP contribution in [0.2, 0.25) is 10.0 Å². The second kappa shape index (κ2) is 9.96. The quantitative estimate of drug-likeness (QED) is 0.640. The predicted molar refractivity (Wildman–Crippen MR) is 105 cm³/mol. The number of anilines is 1. The summed E-state index contributed by atoms with van der Waals surface area (Å²) in [7, 11) is 0. The Morgan fingerprint density at radius 1 is 1.11 bits per heavy atom. The number of carbonyl (C=O) groups excluding carboxylic acids is 2. The lowest BCUT2D eigenvalue weighted by Gasteiger charge is -2.25. The molecule has 0 saturated carbocycles. The van der Waals surface area contributed by atoms with Crippen LogP contribution < -0.4 is 4.90 Å². The first-order valence-corrected chi connectivity index (χ1v) is 9.05. The van der Waals surface area contributed by atoms with E-state index in [0.717, 1.165) is 0 Å². The number of para-hydroxylation sites is 1. The summed E-state index contributed by atoms with van der Waals surface area (Å²) in [6.07, 6.45) is -0.992. The molecule has 1 atom stereocenters. The number of benzene rings is 2. The van der Waals surface area contributed by atoms with E-state index in [1.807, 2.05) is 12.1 Å². The van der Waals surface area contributed by atoms with Gasteiger partial charge in [0, 0.05) is 27.8 Å². The van der Waals surface area contributed by atoms with Gasteiger partial charge in [-0.25, -0.2) is 0 Å². The number of hydrogen-bond acceptors (Lipinski definition) is 4. The maximum absolute atomic E-state index is 12.8. The van der Waals surface area contributed by atoms with Gasteiger partial charge in [0.15, 0.2) is 6.10 Å². The number of halogens is 2. The standard InChI is InChI=1S/C20H18Cl2N2O3/c1-14(27-19(25)13-16-17(21)9-5-10-18(16)22)20(26)24(12-6-11-23)15-7-3-2-4-8-15/h2-5,7-10,14H,6,12-13H2,1H3. The number of rotatable bonds is 7. The number of nitrogens with zero attached hydrogens (tertiary/aromatic N) is 2. The molecule has 2 aromatic carbocycles. The molecule has 27 heavy (non-hydrogen) atoms. The Balaban J connectivity index is 2.08. The van der Waals surface area contributed by atoms with Gasteiger partial charge in [-0.15, -0.1) is 0 Å². The van der Waals surface area contributed by atoms with Crippen molar-refractivity contribution in [3.05, 3.63) is 64.1 Å². The first kappa shape index (κ1) is 20.8. The molecule has 1 amide bonds. The van der Waals surface area contributed by atoms with E-state index in [1.165, 1.54) is 11.8 Å². The summed E-state index contributed by atoms with van der Waals surface area (Å²) >= 11 is 12.1. The summed E-state index contributed by atoms with van der Waals surface area (Å²) in [5.41, 5.74) is 1.09. The van der Waals surface area contributed by atoms with Crippen molar-refractivity contribution in [2.75, 3.05) is 11.4 Å². The number of nitriles is 1. The third-order valence-corrected chi connectivity index (χ3v) is 4.53. The fourth-order valence-corrected chi connectivity index (χ4v) is 3.02. The first-order valence-electron chi connectivity index (χ1n) is 8.29. The van der Waals surface area contributed by atoms with Gasteiger partial charge < -0.3 is 9.64 Å². The number of esters is 1. The van der Waals surface area contributed by atoms with Gasteiger partial charge in [-0.3, -0.25) is 9.59 Å². The minimum Gasteiger partial charge on any atom is -0.452 e. The van der Waals surface area contributed by atoms with Crippen LogP contribution in [-0.2, 0) is 20.7 Å². The summed E-state index contributed by atoms with van der Waals surface area (Å²) in [5.74, 6) is -1.02. The summed E-state index contributed by atoms with van der Waals surface area (Å²) in [6.45, 7) is 1.70. The predicted octanol–water partition coefficient (Wildman–Crippen LogP) is 4.41. The first-order chi connectivity index (χ1) is 12.9. The molecular formula is C20H18Cl2N2O3. The number of carbonyl (C=O) groups is 2. The zero-order valence-corrected chi connectivity index (χ0v) is 16.2. The Hall–Kier alpha value is -2.55. The summed E-state index contributed by atoms with van der Waals surface area (Å²) in [6, 6.07) is 15.9. The monoisotopic (exact) mass is 404 g/mol. The Kier molecular flexibility index (Phi) is 7.66. The fourth-order valence-electron chi connectivity index (χ4n) is 2.49. The van der Waals surface area contributed by atoms with E-state index in [9.17, 15) is 9.59 Å². The molecule has 0 radical (unpaired) electrons. The lowest BCUT2D eigenvalue weighted by molar-refractivity contribution is -0.153. The molecule has 5 nitrogen and oxygen atoms in total. The van der Waals surface area contributed by atoms with E-state index >= 15 is 0 Å². The molecule has 2 aromatic rings. The van der Waals surface area contributed by atoms with E-state index < -0.39 is 18.0 Å². The van der Waals surface area contributed by atoms with Crippen molar-refractivity contribution in [2.24, 2.45) is 0 Å². The van der Waals surface area contributed by atoms with Crippen LogP contribution in [0.25, 0.3) is 0 Å². The maximum atomic E-state index is 12.8. The zero-order valence-electron chi connectivity index (χ0n) is 14.7. The normalized spacial score (nSPS) is 11.3. The summed E-state index contributed by atoms with van der Waals surface area (Å²) < 4.78 is 5.28. The Labute approximate surface area is 168 Å². The Morgan fingerprint density at radius 3 is 2.33 bits per heavy atom. The topological polar surface area (TPSA) is 70.4 Å². The highest BCUT2D eigenvalue weighted by Crippen LogP contribution is 2.25. The van der Waals surface area contributed by atoms with Gasteiger partial charge in [0.05, 0.1) is 18.9 Å². The van der Waals surface area contributed by atoms with E-state index in [1.54, 1.807) is 42.5 Å². The smallest absolute Gasteiger partial charge is 0.311 e. The Morgan fingerprint density at radius 2 is 1.74 bits per heavy atom. The van der Waals surface area contributed by atoms with Gasteiger partial charge in [-0.1, -0.05) is 47.5 Å². The van der Waals surface area contributed by atoms with Gasteiger partial charge in [-0.05, 0) is 31.2 Å². The molecule has 0 spiro atoms. The van der Waals surface area contributed by atoms with E-state index in [0.29, 0.717) is 21.3 Å². The van der Waals surface area contributed by atoms with E-state index in [4.69, 9.17) is 33.2 Å². The van der Waals surface area contributed by atoms with Crippen molar-refractivity contribution in [1.82, 2.24) is 0 Å². The lowest BCUT2D eigenvalue weighted by Crippen LogP contribution is -2.40. The van der Waals surface area contributed by atoms with E-state index in [2.05, 4.69) is 0 Å². The van der Waals surface area contributed by atoms with E-state index in [-0.39, 0.29) is 19.4 Å². The van der Waals surface area contributed by atoms with Crippen LogP contribution >= 0.6 is 23.2 Å². The average molecular weight is 405 g/mol. The van der Waals surface area contributed by atoms with Gasteiger partial charge >= 0.3 is 5.97 Å². The van der Waals surface area contributed by atoms with Gasteiger partial charge in [0.2, 0.25) is 0 Å². The SMILES string of the molecule is CC(OC(=O)Cc1c(Cl)cccc1Cl)C(=O)N(CCC#N)c1ccccc1. The van der Waals surface area contributed by atoms with Crippen molar-refractivity contribution in [3.63, 3.8) is 0 Å². The minimum absolute atomic E-state index is 0.139. The molecule has 0 N–H and O–H groups in total. The van der Waals surface area contributed by atoms with Crippen LogP contribution in [0.15, 0.2) is 48.5 Å². The van der Waals surface area contributed by atoms with Crippen molar-refractivity contribution in [2.45, 2.75) is 25.9 Å². The van der Waals surface area contributed by atoms with Crippen LogP contribution in [-0.4, -0.2) is 24.5 Å². The molecule has 0 aliphatic heterocycles. The van der Waals surface area contributed by atoms with Crippen molar-refractivity contribution in [1.29, 1.82) is 5.26 Å². The average Bonchev–Trinajstić information content (AvgIpc) is 2.65. The molecular weight excluding hydrogens is 387 g/mol. The summed E-state index contributed by atoms with van der Waals surface area (Å²) in [5, 5.41) is 9.56. The third-order valence-electron chi connectivity index (χ3n) is 3.82. The van der Waals surface area contributed by atoms with Crippen LogP contribution in [0.5, 0.6) is 0 Å². The fraction of sp³-hybridized carbons (Fsp3) is 0.250. The third kappa shape index (κ3) is 5.72. The number of ether oxygens (including phenoxy) is 1. The van der Waals surface area contributed by atoms with Crippen molar-refractivity contribution >= 4 is 40.8 Å². The molecule has 0 bridgehead atoms. The summed E-state index contributed by atoms with van der Waals surface area (Å²) in [4.78, 5) is 26.4. The Bertz CT molecular complexity index is 830. The molecule has 7 heteroatoms. The molecule has 1 unspecified atom stereocenters. The second-order valence-electron chi connectivity index (χ2n) is 5.74. The highest BCUT2D eigenvalue weighted by atomic mass is 35.5. The molecule has 0 aliphatic rings. The van der Waals surface area contributed by atoms with Crippen molar-refractivity contribution < 1.29 is 14.3 Å². The van der Waals surface area contributed by atoms with Crippen LogP contribution in [0.1, 0.15) is 18.9 Å².